The van der Waals surface area contributed by atoms with Gasteiger partial charge in [-0.05, 0) is 18.2 Å². The van der Waals surface area contributed by atoms with Gasteiger partial charge in [-0.2, -0.15) is 0 Å². The Bertz CT molecular complexity index is 546. The fourth-order valence-electron chi connectivity index (χ4n) is 1.45. The minimum absolute atomic E-state index is 0.382. The second-order valence-electron chi connectivity index (χ2n) is 3.42. The first-order chi connectivity index (χ1) is 8.72. The smallest absolute Gasteiger partial charge is 0.220 e. The molecule has 0 spiro atoms. The van der Waals surface area contributed by atoms with Crippen LogP contribution in [0, 0.1) is 0 Å². The maximum absolute atomic E-state index is 5.78. The van der Waals surface area contributed by atoms with Crippen molar-refractivity contribution in [3.63, 3.8) is 0 Å². The average Bonchev–Trinajstić information content (AvgIpc) is 2.38. The van der Waals surface area contributed by atoms with Crippen LogP contribution in [0.15, 0.2) is 36.4 Å². The summed E-state index contributed by atoms with van der Waals surface area (Å²) in [6.07, 6.45) is 0. The lowest BCUT2D eigenvalue weighted by Crippen LogP contribution is -1.92. The summed E-state index contributed by atoms with van der Waals surface area (Å²) in [6, 6.07) is 10.4. The second-order valence-corrected chi connectivity index (χ2v) is 3.80. The van der Waals surface area contributed by atoms with Crippen LogP contribution >= 0.6 is 11.6 Å². The summed E-state index contributed by atoms with van der Waals surface area (Å²) in [6.45, 7) is 0. The van der Waals surface area contributed by atoms with E-state index in [0.717, 1.165) is 0 Å². The summed E-state index contributed by atoms with van der Waals surface area (Å²) in [5.41, 5.74) is 0. The van der Waals surface area contributed by atoms with E-state index in [9.17, 15) is 0 Å². The van der Waals surface area contributed by atoms with Crippen LogP contribution in [0.5, 0.6) is 23.1 Å². The summed E-state index contributed by atoms with van der Waals surface area (Å²) in [5.74, 6) is 2.26. The van der Waals surface area contributed by atoms with E-state index in [-0.39, 0.29) is 0 Å². The highest BCUT2D eigenvalue weighted by Crippen LogP contribution is 2.32. The normalized spacial score (nSPS) is 9.94. The first-order valence-corrected chi connectivity index (χ1v) is 5.63. The van der Waals surface area contributed by atoms with Gasteiger partial charge in [-0.1, -0.05) is 17.7 Å². The van der Waals surface area contributed by atoms with Crippen molar-refractivity contribution < 1.29 is 14.2 Å². The quantitative estimate of drug-likeness (QED) is 0.793. The number of methoxy groups -OCH3 is 2. The molecule has 0 fully saturated rings. The van der Waals surface area contributed by atoms with Crippen LogP contribution in [0.1, 0.15) is 0 Å². The summed E-state index contributed by atoms with van der Waals surface area (Å²) in [5, 5.41) is 0.382. The second kappa shape index (κ2) is 5.60. The molecule has 0 unspecified atom stereocenters. The predicted molar refractivity (Wildman–Crippen MR) is 68.9 cm³/mol. The highest BCUT2D eigenvalue weighted by Gasteiger charge is 2.06. The van der Waals surface area contributed by atoms with Crippen LogP contribution in [-0.4, -0.2) is 19.2 Å². The van der Waals surface area contributed by atoms with Gasteiger partial charge in [-0.15, -0.1) is 0 Å². The van der Waals surface area contributed by atoms with Gasteiger partial charge >= 0.3 is 0 Å². The lowest BCUT2D eigenvalue weighted by Gasteiger charge is -2.10. The van der Waals surface area contributed by atoms with Crippen LogP contribution in [0.2, 0.25) is 5.15 Å². The number of nitrogens with zero attached hydrogens (tertiary/aromatic N) is 1. The molecule has 0 aliphatic carbocycles. The van der Waals surface area contributed by atoms with Crippen molar-refractivity contribution in [3.8, 4) is 23.1 Å². The van der Waals surface area contributed by atoms with E-state index >= 15 is 0 Å². The lowest BCUT2D eigenvalue weighted by atomic mass is 10.3. The number of hydrogen-bond acceptors (Lipinski definition) is 4. The maximum Gasteiger partial charge on any atom is 0.220 e. The fourth-order valence-corrected chi connectivity index (χ4v) is 1.60. The van der Waals surface area contributed by atoms with Crippen molar-refractivity contribution in [2.75, 3.05) is 14.2 Å². The topological polar surface area (TPSA) is 40.6 Å². The highest BCUT2D eigenvalue weighted by atomic mass is 35.5. The van der Waals surface area contributed by atoms with E-state index in [1.807, 2.05) is 0 Å². The molecule has 0 radical (unpaired) electrons. The number of pyridine rings is 1. The molecule has 0 atom stereocenters. The standard InChI is InChI=1S/C13H12ClNO3/c1-16-10-7-6-9(8-11(10)17-2)18-13-5-3-4-12(14)15-13/h3-8H,1-2H3. The van der Waals surface area contributed by atoms with Crippen molar-refractivity contribution in [2.45, 2.75) is 0 Å². The largest absolute Gasteiger partial charge is 0.493 e. The zero-order valence-corrected chi connectivity index (χ0v) is 10.8. The van der Waals surface area contributed by atoms with Crippen molar-refractivity contribution in [3.05, 3.63) is 41.6 Å². The minimum atomic E-state index is 0.382. The lowest BCUT2D eigenvalue weighted by molar-refractivity contribution is 0.351. The Kier molecular flexibility index (Phi) is 3.89. The third-order valence-electron chi connectivity index (χ3n) is 2.27. The first kappa shape index (κ1) is 12.5. The molecule has 18 heavy (non-hydrogen) atoms. The van der Waals surface area contributed by atoms with Gasteiger partial charge in [-0.25, -0.2) is 4.98 Å². The van der Waals surface area contributed by atoms with E-state index in [0.29, 0.717) is 28.3 Å². The maximum atomic E-state index is 5.78. The van der Waals surface area contributed by atoms with E-state index in [4.69, 9.17) is 25.8 Å². The molecular formula is C13H12ClNO3. The molecule has 0 saturated carbocycles. The monoisotopic (exact) mass is 265 g/mol. The van der Waals surface area contributed by atoms with E-state index in [1.54, 1.807) is 50.6 Å². The van der Waals surface area contributed by atoms with Gasteiger partial charge in [0.15, 0.2) is 11.5 Å². The third kappa shape index (κ3) is 2.84. The van der Waals surface area contributed by atoms with Crippen LogP contribution in [0.25, 0.3) is 0 Å². The molecule has 4 nitrogen and oxygen atoms in total. The van der Waals surface area contributed by atoms with Crippen LogP contribution in [0.3, 0.4) is 0 Å². The number of halogens is 1. The first-order valence-electron chi connectivity index (χ1n) is 5.25. The van der Waals surface area contributed by atoms with Crippen molar-refractivity contribution in [2.24, 2.45) is 0 Å². The van der Waals surface area contributed by atoms with E-state index in [2.05, 4.69) is 4.98 Å². The van der Waals surface area contributed by atoms with Crippen molar-refractivity contribution in [1.29, 1.82) is 0 Å². The third-order valence-corrected chi connectivity index (χ3v) is 2.48. The van der Waals surface area contributed by atoms with Crippen LogP contribution in [0.4, 0.5) is 0 Å². The van der Waals surface area contributed by atoms with Gasteiger partial charge in [0.25, 0.3) is 0 Å². The molecule has 1 aromatic heterocycles. The van der Waals surface area contributed by atoms with Gasteiger partial charge in [0.2, 0.25) is 5.88 Å². The Hall–Kier alpha value is -1.94. The number of aromatic nitrogens is 1. The van der Waals surface area contributed by atoms with Crippen molar-refractivity contribution >= 4 is 11.6 Å². The minimum Gasteiger partial charge on any atom is -0.493 e. The van der Waals surface area contributed by atoms with Crippen LogP contribution < -0.4 is 14.2 Å². The Morgan fingerprint density at radius 2 is 1.78 bits per heavy atom. The number of benzene rings is 1. The Morgan fingerprint density at radius 1 is 1.00 bits per heavy atom. The molecule has 0 aliphatic heterocycles. The SMILES string of the molecule is COc1ccc(Oc2cccc(Cl)n2)cc1OC. The summed E-state index contributed by atoms with van der Waals surface area (Å²) < 4.78 is 15.9. The highest BCUT2D eigenvalue weighted by molar-refractivity contribution is 6.29. The van der Waals surface area contributed by atoms with E-state index in [1.165, 1.54) is 0 Å². The molecule has 0 saturated heterocycles. The van der Waals surface area contributed by atoms with Gasteiger partial charge in [-0.3, -0.25) is 0 Å². The molecular weight excluding hydrogens is 254 g/mol. The molecule has 2 aromatic rings. The summed E-state index contributed by atoms with van der Waals surface area (Å²) in [4.78, 5) is 4.04. The fraction of sp³-hybridized carbons (Fsp3) is 0.154. The van der Waals surface area contributed by atoms with Gasteiger partial charge in [0.1, 0.15) is 10.9 Å². The number of hydrogen-bond donors (Lipinski definition) is 0. The zero-order chi connectivity index (χ0) is 13.0. The molecule has 94 valence electrons. The predicted octanol–water partition coefficient (Wildman–Crippen LogP) is 3.54. The van der Waals surface area contributed by atoms with Gasteiger partial charge in [0, 0.05) is 12.1 Å². The molecule has 1 aromatic carbocycles. The Labute approximate surface area is 110 Å². The molecule has 0 aliphatic rings. The molecule has 0 bridgehead atoms. The molecule has 5 heteroatoms. The molecule has 1 heterocycles. The Morgan fingerprint density at radius 3 is 2.44 bits per heavy atom. The molecule has 2 rings (SSSR count). The number of ether oxygens (including phenoxy) is 3. The number of rotatable bonds is 4. The van der Waals surface area contributed by atoms with Crippen molar-refractivity contribution in [1.82, 2.24) is 4.98 Å². The molecule has 0 N–H and O–H groups in total. The van der Waals surface area contributed by atoms with Gasteiger partial charge in [0.05, 0.1) is 14.2 Å². The summed E-state index contributed by atoms with van der Waals surface area (Å²) in [7, 11) is 3.15. The van der Waals surface area contributed by atoms with Crippen LogP contribution in [-0.2, 0) is 0 Å². The zero-order valence-electron chi connectivity index (χ0n) is 10.0. The van der Waals surface area contributed by atoms with Gasteiger partial charge < -0.3 is 14.2 Å². The van der Waals surface area contributed by atoms with E-state index < -0.39 is 0 Å². The average molecular weight is 266 g/mol. The summed E-state index contributed by atoms with van der Waals surface area (Å²) >= 11 is 5.78. The molecule has 0 amide bonds. The Balaban J connectivity index is 2.24.